The second-order valence-corrected chi connectivity index (χ2v) is 5.25. The topological polar surface area (TPSA) is 67.5 Å². The number of rotatable bonds is 5. The van der Waals surface area contributed by atoms with Crippen molar-refractivity contribution in [3.63, 3.8) is 0 Å². The first kappa shape index (κ1) is 14.0. The first-order valence-corrected chi connectivity index (χ1v) is 6.64. The quantitative estimate of drug-likeness (QED) is 0.847. The second-order valence-electron chi connectivity index (χ2n) is 5.25. The summed E-state index contributed by atoms with van der Waals surface area (Å²) in [6.07, 6.45) is 2.39. The van der Waals surface area contributed by atoms with Crippen molar-refractivity contribution in [2.45, 2.75) is 25.5 Å². The van der Waals surface area contributed by atoms with Gasteiger partial charge in [-0.3, -0.25) is 0 Å². The van der Waals surface area contributed by atoms with Crippen molar-refractivity contribution in [3.8, 4) is 0 Å². The minimum absolute atomic E-state index is 0.393. The molecule has 1 aliphatic heterocycles. The van der Waals surface area contributed by atoms with Crippen molar-refractivity contribution in [2.75, 3.05) is 44.9 Å². The van der Waals surface area contributed by atoms with Crippen LogP contribution in [0.5, 0.6) is 0 Å². The molecule has 19 heavy (non-hydrogen) atoms. The molecule has 106 valence electrons. The number of anilines is 2. The molecule has 0 saturated carbocycles. The van der Waals surface area contributed by atoms with E-state index in [0.29, 0.717) is 24.3 Å². The molecule has 0 spiro atoms. The highest BCUT2D eigenvalue weighted by molar-refractivity contribution is 5.48. The molecular formula is C13H23N5O. The fourth-order valence-corrected chi connectivity index (χ4v) is 2.59. The molecule has 1 saturated heterocycles. The predicted octanol–water partition coefficient (Wildman–Crippen LogP) is 0.736. The molecule has 0 amide bonds. The summed E-state index contributed by atoms with van der Waals surface area (Å²) in [5.41, 5.74) is 5.86. The molecule has 1 aromatic heterocycles. The lowest BCUT2D eigenvalue weighted by atomic mass is 10.2. The van der Waals surface area contributed by atoms with Gasteiger partial charge in [-0.25, -0.2) is 9.97 Å². The van der Waals surface area contributed by atoms with Gasteiger partial charge in [0.1, 0.15) is 18.2 Å². The molecule has 1 aliphatic rings. The minimum atomic E-state index is 0.393. The maximum atomic E-state index is 5.86. The largest absolute Gasteiger partial charge is 0.384 e. The Hall–Kier alpha value is -1.40. The van der Waals surface area contributed by atoms with Crippen molar-refractivity contribution in [1.82, 2.24) is 14.9 Å². The Kier molecular flexibility index (Phi) is 4.55. The third kappa shape index (κ3) is 3.54. The van der Waals surface area contributed by atoms with E-state index in [4.69, 9.17) is 10.5 Å². The Morgan fingerprint density at radius 2 is 2.26 bits per heavy atom. The normalized spacial score (nSPS) is 19.4. The first-order valence-electron chi connectivity index (χ1n) is 6.64. The summed E-state index contributed by atoms with van der Waals surface area (Å²) in [5, 5.41) is 0. The van der Waals surface area contributed by atoms with Gasteiger partial charge < -0.3 is 20.3 Å². The van der Waals surface area contributed by atoms with Gasteiger partial charge in [0.15, 0.2) is 5.82 Å². The number of methoxy groups -OCH3 is 1. The average molecular weight is 265 g/mol. The molecule has 6 nitrogen and oxygen atoms in total. The van der Waals surface area contributed by atoms with Crippen LogP contribution in [-0.4, -0.2) is 55.2 Å². The SMILES string of the molecule is COCc1nc(N)cc(N2CCCC2CN(C)C)n1. The Morgan fingerprint density at radius 1 is 1.47 bits per heavy atom. The van der Waals surface area contributed by atoms with Gasteiger partial charge in [0.05, 0.1) is 0 Å². The number of nitrogen functional groups attached to an aromatic ring is 1. The standard InChI is InChI=1S/C13H23N5O/c1-17(2)8-10-5-4-6-18(10)13-7-11(14)15-12(16-13)9-19-3/h7,10H,4-6,8-9H2,1-3H3,(H2,14,15,16). The van der Waals surface area contributed by atoms with Crippen molar-refractivity contribution in [1.29, 1.82) is 0 Å². The van der Waals surface area contributed by atoms with E-state index in [9.17, 15) is 0 Å². The van der Waals surface area contributed by atoms with E-state index in [2.05, 4.69) is 33.9 Å². The third-order valence-electron chi connectivity index (χ3n) is 3.30. The molecule has 1 aromatic rings. The fourth-order valence-electron chi connectivity index (χ4n) is 2.59. The van der Waals surface area contributed by atoms with Crippen LogP contribution in [0, 0.1) is 0 Å². The van der Waals surface area contributed by atoms with Crippen LogP contribution in [0.1, 0.15) is 18.7 Å². The van der Waals surface area contributed by atoms with Crippen molar-refractivity contribution < 1.29 is 4.74 Å². The minimum Gasteiger partial charge on any atom is -0.384 e. The maximum Gasteiger partial charge on any atom is 0.158 e. The van der Waals surface area contributed by atoms with Crippen LogP contribution in [0.3, 0.4) is 0 Å². The second kappa shape index (κ2) is 6.16. The van der Waals surface area contributed by atoms with Crippen LogP contribution in [0.2, 0.25) is 0 Å². The number of nitrogens with two attached hydrogens (primary N) is 1. The van der Waals surface area contributed by atoms with Gasteiger partial charge in [-0.05, 0) is 26.9 Å². The summed E-state index contributed by atoms with van der Waals surface area (Å²) in [6, 6.07) is 2.35. The average Bonchev–Trinajstić information content (AvgIpc) is 2.75. The van der Waals surface area contributed by atoms with Crippen LogP contribution < -0.4 is 10.6 Å². The molecule has 2 heterocycles. The number of hydrogen-bond donors (Lipinski definition) is 1. The summed E-state index contributed by atoms with van der Waals surface area (Å²) in [4.78, 5) is 13.3. The molecule has 0 bridgehead atoms. The number of likely N-dealkylation sites (N-methyl/N-ethyl adjacent to an activating group) is 1. The lowest BCUT2D eigenvalue weighted by Gasteiger charge is -2.28. The number of ether oxygens (including phenoxy) is 1. The molecule has 0 radical (unpaired) electrons. The molecule has 1 atom stereocenters. The van der Waals surface area contributed by atoms with E-state index >= 15 is 0 Å². The molecular weight excluding hydrogens is 242 g/mol. The maximum absolute atomic E-state index is 5.86. The molecule has 2 rings (SSSR count). The van der Waals surface area contributed by atoms with E-state index < -0.39 is 0 Å². The van der Waals surface area contributed by atoms with Gasteiger partial charge in [-0.2, -0.15) is 0 Å². The van der Waals surface area contributed by atoms with Crippen molar-refractivity contribution in [2.24, 2.45) is 0 Å². The molecule has 0 aromatic carbocycles. The lowest BCUT2D eigenvalue weighted by Crippen LogP contribution is -2.38. The fraction of sp³-hybridized carbons (Fsp3) is 0.692. The zero-order chi connectivity index (χ0) is 13.8. The Balaban J connectivity index is 2.19. The van der Waals surface area contributed by atoms with Gasteiger partial charge in [0.2, 0.25) is 0 Å². The third-order valence-corrected chi connectivity index (χ3v) is 3.30. The predicted molar refractivity (Wildman–Crippen MR) is 76.1 cm³/mol. The number of nitrogens with zero attached hydrogens (tertiary/aromatic N) is 4. The monoisotopic (exact) mass is 265 g/mol. The van der Waals surface area contributed by atoms with E-state index in [1.54, 1.807) is 7.11 Å². The van der Waals surface area contributed by atoms with Crippen LogP contribution in [-0.2, 0) is 11.3 Å². The summed E-state index contributed by atoms with van der Waals surface area (Å²) < 4.78 is 5.08. The van der Waals surface area contributed by atoms with Gasteiger partial charge >= 0.3 is 0 Å². The van der Waals surface area contributed by atoms with Crippen molar-refractivity contribution in [3.05, 3.63) is 11.9 Å². The van der Waals surface area contributed by atoms with Crippen LogP contribution in [0.4, 0.5) is 11.6 Å². The van der Waals surface area contributed by atoms with E-state index in [-0.39, 0.29) is 0 Å². The van der Waals surface area contributed by atoms with Gasteiger partial charge in [-0.1, -0.05) is 0 Å². The summed E-state index contributed by atoms with van der Waals surface area (Å²) in [5.74, 6) is 2.07. The van der Waals surface area contributed by atoms with E-state index in [0.717, 1.165) is 18.9 Å². The van der Waals surface area contributed by atoms with Gasteiger partial charge in [-0.15, -0.1) is 0 Å². The van der Waals surface area contributed by atoms with Crippen molar-refractivity contribution >= 4 is 11.6 Å². The van der Waals surface area contributed by atoms with Gasteiger partial charge in [0.25, 0.3) is 0 Å². The highest BCUT2D eigenvalue weighted by Crippen LogP contribution is 2.25. The van der Waals surface area contributed by atoms with Crippen LogP contribution in [0.25, 0.3) is 0 Å². The highest BCUT2D eigenvalue weighted by atomic mass is 16.5. The van der Waals surface area contributed by atoms with Gasteiger partial charge in [0, 0.05) is 32.3 Å². The lowest BCUT2D eigenvalue weighted by molar-refractivity contribution is 0.178. The Morgan fingerprint density at radius 3 is 2.95 bits per heavy atom. The number of hydrogen-bond acceptors (Lipinski definition) is 6. The smallest absolute Gasteiger partial charge is 0.158 e. The zero-order valence-corrected chi connectivity index (χ0v) is 12.0. The number of aromatic nitrogens is 2. The molecule has 1 fully saturated rings. The zero-order valence-electron chi connectivity index (χ0n) is 12.0. The van der Waals surface area contributed by atoms with E-state index in [1.165, 1.54) is 12.8 Å². The summed E-state index contributed by atoms with van der Waals surface area (Å²) >= 11 is 0. The van der Waals surface area contributed by atoms with Crippen LogP contribution >= 0.6 is 0 Å². The molecule has 0 aliphatic carbocycles. The molecule has 6 heteroatoms. The highest BCUT2D eigenvalue weighted by Gasteiger charge is 2.26. The Bertz CT molecular complexity index is 423. The Labute approximate surface area is 114 Å². The van der Waals surface area contributed by atoms with E-state index in [1.807, 2.05) is 6.07 Å². The molecule has 2 N–H and O–H groups in total. The molecule has 1 unspecified atom stereocenters. The summed E-state index contributed by atoms with van der Waals surface area (Å²) in [7, 11) is 5.83. The van der Waals surface area contributed by atoms with Crippen LogP contribution in [0.15, 0.2) is 6.07 Å². The summed E-state index contributed by atoms with van der Waals surface area (Å²) in [6.45, 7) is 2.45. The first-order chi connectivity index (χ1) is 9.10.